The molecule has 0 aromatic heterocycles. The number of sulfonamides is 1. The molecular weight excluding hydrogens is 276 g/mol. The summed E-state index contributed by atoms with van der Waals surface area (Å²) in [6.45, 7) is 0. The molecule has 0 aliphatic heterocycles. The fourth-order valence-electron chi connectivity index (χ4n) is 2.19. The minimum atomic E-state index is -3.37. The van der Waals surface area contributed by atoms with E-state index in [9.17, 15) is 13.2 Å². The summed E-state index contributed by atoms with van der Waals surface area (Å²) in [7, 11) is -3.37. The van der Waals surface area contributed by atoms with Crippen molar-refractivity contribution in [2.24, 2.45) is 5.92 Å². The fraction of sp³-hybridized carbons (Fsp3) is 0.357. The Morgan fingerprint density at radius 2 is 2.00 bits per heavy atom. The van der Waals surface area contributed by atoms with Gasteiger partial charge in [0.1, 0.15) is 0 Å². The Morgan fingerprint density at radius 3 is 2.60 bits per heavy atom. The first-order chi connectivity index (χ1) is 9.44. The van der Waals surface area contributed by atoms with Gasteiger partial charge in [-0.25, -0.2) is 8.42 Å². The second-order valence-electron chi connectivity index (χ2n) is 4.94. The normalized spacial score (nSPS) is 17.9. The van der Waals surface area contributed by atoms with Gasteiger partial charge in [0.15, 0.2) is 0 Å². The lowest BCUT2D eigenvalue weighted by atomic mass is 10.1. The monoisotopic (exact) mass is 294 g/mol. The Kier molecular flexibility index (Phi) is 4.44. The van der Waals surface area contributed by atoms with Gasteiger partial charge >= 0.3 is 0 Å². The zero-order chi connectivity index (χ0) is 14.6. The molecule has 5 nitrogen and oxygen atoms in total. The van der Waals surface area contributed by atoms with Crippen molar-refractivity contribution in [1.29, 1.82) is 0 Å². The minimum absolute atomic E-state index is 0.107. The van der Waals surface area contributed by atoms with Crippen molar-refractivity contribution < 1.29 is 13.2 Å². The molecule has 1 amide bonds. The highest BCUT2D eigenvalue weighted by Gasteiger charge is 2.15. The van der Waals surface area contributed by atoms with Crippen LogP contribution in [0.5, 0.6) is 0 Å². The van der Waals surface area contributed by atoms with Gasteiger partial charge in [0.2, 0.25) is 15.9 Å². The molecule has 0 bridgehead atoms. The van der Waals surface area contributed by atoms with Crippen molar-refractivity contribution in [3.63, 3.8) is 0 Å². The molecule has 20 heavy (non-hydrogen) atoms. The Morgan fingerprint density at radius 1 is 1.30 bits per heavy atom. The molecule has 2 N–H and O–H groups in total. The van der Waals surface area contributed by atoms with Crippen LogP contribution in [0.4, 0.5) is 11.4 Å². The van der Waals surface area contributed by atoms with Crippen LogP contribution in [0.3, 0.4) is 0 Å². The molecule has 0 radical (unpaired) electrons. The number of para-hydroxylation sites is 2. The van der Waals surface area contributed by atoms with Crippen molar-refractivity contribution >= 4 is 27.3 Å². The number of carbonyl (C=O) groups excluding carboxylic acids is 1. The second kappa shape index (κ2) is 6.09. The summed E-state index contributed by atoms with van der Waals surface area (Å²) < 4.78 is 25.0. The van der Waals surface area contributed by atoms with Gasteiger partial charge in [-0.1, -0.05) is 24.3 Å². The van der Waals surface area contributed by atoms with Gasteiger partial charge < -0.3 is 5.32 Å². The molecular formula is C14H18N2O3S. The molecule has 0 unspecified atom stereocenters. The average Bonchev–Trinajstić information content (AvgIpc) is 2.82. The van der Waals surface area contributed by atoms with Crippen molar-refractivity contribution in [3.05, 3.63) is 36.4 Å². The smallest absolute Gasteiger partial charge is 0.229 e. The Hall–Kier alpha value is -1.82. The Bertz CT molecular complexity index is 623. The molecule has 1 aliphatic carbocycles. The standard InChI is InChI=1S/C14H18N2O3S/c1-20(18,19)16-13-9-5-4-8-12(13)15-14(17)10-11-6-2-3-7-11/h2,4-6,8-9,11,16H,3,7,10H2,1H3,(H,15,17)/t11-/m1/s1. The van der Waals surface area contributed by atoms with E-state index < -0.39 is 10.0 Å². The fourth-order valence-corrected chi connectivity index (χ4v) is 2.76. The summed E-state index contributed by atoms with van der Waals surface area (Å²) in [4.78, 5) is 12.0. The van der Waals surface area contributed by atoms with Crippen molar-refractivity contribution in [2.45, 2.75) is 19.3 Å². The van der Waals surface area contributed by atoms with Crippen molar-refractivity contribution in [1.82, 2.24) is 0 Å². The molecule has 108 valence electrons. The lowest BCUT2D eigenvalue weighted by Gasteiger charge is -2.13. The molecule has 0 fully saturated rings. The van der Waals surface area contributed by atoms with Gasteiger partial charge in [0.25, 0.3) is 0 Å². The number of hydrogen-bond acceptors (Lipinski definition) is 3. The summed E-state index contributed by atoms with van der Waals surface area (Å²) in [6.07, 6.45) is 7.65. The number of hydrogen-bond donors (Lipinski definition) is 2. The largest absolute Gasteiger partial charge is 0.324 e. The summed E-state index contributed by atoms with van der Waals surface area (Å²) in [6, 6.07) is 6.75. The third kappa shape index (κ3) is 4.38. The number of benzene rings is 1. The van der Waals surface area contributed by atoms with Gasteiger partial charge in [-0.2, -0.15) is 0 Å². The van der Waals surface area contributed by atoms with Gasteiger partial charge in [-0.05, 0) is 30.9 Å². The Balaban J connectivity index is 2.04. The molecule has 0 saturated heterocycles. The summed E-state index contributed by atoms with van der Waals surface area (Å²) >= 11 is 0. The van der Waals surface area contributed by atoms with Crippen LogP contribution in [0.15, 0.2) is 36.4 Å². The number of carbonyl (C=O) groups is 1. The topological polar surface area (TPSA) is 75.3 Å². The minimum Gasteiger partial charge on any atom is -0.324 e. The van der Waals surface area contributed by atoms with Crippen LogP contribution in [0.25, 0.3) is 0 Å². The number of anilines is 2. The molecule has 1 aliphatic rings. The van der Waals surface area contributed by atoms with Gasteiger partial charge in [0, 0.05) is 6.42 Å². The SMILES string of the molecule is CS(=O)(=O)Nc1ccccc1NC(=O)C[C@@H]1C=CCC1. The van der Waals surface area contributed by atoms with E-state index in [1.807, 2.05) is 0 Å². The lowest BCUT2D eigenvalue weighted by molar-refractivity contribution is -0.116. The maximum Gasteiger partial charge on any atom is 0.229 e. The van der Waals surface area contributed by atoms with Crippen molar-refractivity contribution in [3.8, 4) is 0 Å². The van der Waals surface area contributed by atoms with Gasteiger partial charge in [0.05, 0.1) is 17.6 Å². The molecule has 0 heterocycles. The van der Waals surface area contributed by atoms with Crippen LogP contribution in [-0.4, -0.2) is 20.6 Å². The van der Waals surface area contributed by atoms with E-state index in [1.54, 1.807) is 24.3 Å². The number of amides is 1. The Labute approximate surface area is 119 Å². The first-order valence-corrected chi connectivity index (χ1v) is 8.36. The maximum absolute atomic E-state index is 12.0. The van der Waals surface area contributed by atoms with Crippen LogP contribution in [0, 0.1) is 5.92 Å². The summed E-state index contributed by atoms with van der Waals surface area (Å²) in [5.74, 6) is 0.175. The highest BCUT2D eigenvalue weighted by Crippen LogP contribution is 2.24. The van der Waals surface area contributed by atoms with E-state index in [4.69, 9.17) is 0 Å². The number of nitrogens with one attached hydrogen (secondary N) is 2. The van der Waals surface area contributed by atoms with Crippen LogP contribution in [0.1, 0.15) is 19.3 Å². The highest BCUT2D eigenvalue weighted by molar-refractivity contribution is 7.92. The van der Waals surface area contributed by atoms with E-state index in [2.05, 4.69) is 22.2 Å². The maximum atomic E-state index is 12.0. The highest BCUT2D eigenvalue weighted by atomic mass is 32.2. The molecule has 1 atom stereocenters. The second-order valence-corrected chi connectivity index (χ2v) is 6.69. The zero-order valence-corrected chi connectivity index (χ0v) is 12.1. The predicted molar refractivity (Wildman–Crippen MR) is 80.0 cm³/mol. The average molecular weight is 294 g/mol. The zero-order valence-electron chi connectivity index (χ0n) is 11.3. The first-order valence-electron chi connectivity index (χ1n) is 6.47. The van der Waals surface area contributed by atoms with E-state index >= 15 is 0 Å². The molecule has 6 heteroatoms. The lowest BCUT2D eigenvalue weighted by Crippen LogP contribution is -2.17. The van der Waals surface area contributed by atoms with Crippen LogP contribution in [-0.2, 0) is 14.8 Å². The van der Waals surface area contributed by atoms with Crippen molar-refractivity contribution in [2.75, 3.05) is 16.3 Å². The molecule has 2 rings (SSSR count). The molecule has 0 spiro atoms. The number of rotatable bonds is 5. The third-order valence-electron chi connectivity index (χ3n) is 3.06. The number of allylic oxidation sites excluding steroid dienone is 2. The summed E-state index contributed by atoms with van der Waals surface area (Å²) in [5.41, 5.74) is 0.857. The van der Waals surface area contributed by atoms with Crippen LogP contribution >= 0.6 is 0 Å². The third-order valence-corrected chi connectivity index (χ3v) is 3.65. The predicted octanol–water partition coefficient (Wildman–Crippen LogP) is 2.35. The first kappa shape index (κ1) is 14.6. The quantitative estimate of drug-likeness (QED) is 0.819. The molecule has 0 saturated carbocycles. The molecule has 1 aromatic rings. The van der Waals surface area contributed by atoms with Crippen LogP contribution in [0.2, 0.25) is 0 Å². The van der Waals surface area contributed by atoms with E-state index in [-0.39, 0.29) is 11.8 Å². The van der Waals surface area contributed by atoms with Gasteiger partial charge in [-0.15, -0.1) is 0 Å². The summed E-state index contributed by atoms with van der Waals surface area (Å²) in [5, 5.41) is 2.76. The van der Waals surface area contributed by atoms with E-state index in [0.29, 0.717) is 17.8 Å². The van der Waals surface area contributed by atoms with E-state index in [0.717, 1.165) is 19.1 Å². The van der Waals surface area contributed by atoms with Crippen LogP contribution < -0.4 is 10.0 Å². The van der Waals surface area contributed by atoms with E-state index in [1.165, 1.54) is 0 Å². The van der Waals surface area contributed by atoms with Gasteiger partial charge in [-0.3, -0.25) is 9.52 Å². The molecule has 1 aromatic carbocycles.